The molecule has 0 saturated heterocycles. The highest BCUT2D eigenvalue weighted by Crippen LogP contribution is 2.25. The van der Waals surface area contributed by atoms with E-state index in [0.717, 1.165) is 11.1 Å². The molecule has 0 unspecified atom stereocenters. The molecule has 0 aliphatic carbocycles. The van der Waals surface area contributed by atoms with Crippen molar-refractivity contribution in [2.24, 2.45) is 0 Å². The van der Waals surface area contributed by atoms with Gasteiger partial charge in [0.05, 0.1) is 19.8 Å². The number of nitrogens with one attached hydrogen (secondary N) is 1. The second kappa shape index (κ2) is 7.04. The van der Waals surface area contributed by atoms with Gasteiger partial charge < -0.3 is 13.9 Å². The summed E-state index contributed by atoms with van der Waals surface area (Å²) in [5.41, 5.74) is 2.21. The molecule has 0 saturated carbocycles. The van der Waals surface area contributed by atoms with Crippen LogP contribution in [0.3, 0.4) is 0 Å². The molecular formula is C18H17N3O4. The van der Waals surface area contributed by atoms with Gasteiger partial charge in [-0.05, 0) is 37.3 Å². The molecule has 1 aromatic heterocycles. The summed E-state index contributed by atoms with van der Waals surface area (Å²) in [4.78, 5) is 12.5. The van der Waals surface area contributed by atoms with Crippen LogP contribution in [0.5, 0.6) is 11.5 Å². The first-order chi connectivity index (χ1) is 12.1. The molecule has 7 nitrogen and oxygen atoms in total. The summed E-state index contributed by atoms with van der Waals surface area (Å²) in [6, 6.07) is 12.6. The fourth-order valence-corrected chi connectivity index (χ4v) is 2.24. The van der Waals surface area contributed by atoms with E-state index >= 15 is 0 Å². The monoisotopic (exact) mass is 339 g/mol. The largest absolute Gasteiger partial charge is 0.497 e. The van der Waals surface area contributed by atoms with Crippen LogP contribution in [-0.4, -0.2) is 30.3 Å². The molecule has 7 heteroatoms. The number of aryl methyl sites for hydroxylation is 1. The third-order valence-corrected chi connectivity index (χ3v) is 3.60. The van der Waals surface area contributed by atoms with Gasteiger partial charge in [-0.15, -0.1) is 5.10 Å². The van der Waals surface area contributed by atoms with Gasteiger partial charge in [0, 0.05) is 5.56 Å². The number of rotatable bonds is 5. The zero-order chi connectivity index (χ0) is 17.8. The molecule has 0 bridgehead atoms. The van der Waals surface area contributed by atoms with E-state index in [0.29, 0.717) is 23.0 Å². The predicted molar refractivity (Wildman–Crippen MR) is 92.0 cm³/mol. The van der Waals surface area contributed by atoms with Crippen LogP contribution in [-0.2, 0) is 0 Å². The van der Waals surface area contributed by atoms with Crippen LogP contribution in [0.2, 0.25) is 0 Å². The number of carbonyl (C=O) groups excluding carboxylic acids is 1. The molecule has 3 rings (SSSR count). The molecule has 0 aliphatic heterocycles. The zero-order valence-electron chi connectivity index (χ0n) is 14.1. The fraction of sp³-hybridized carbons (Fsp3) is 0.167. The lowest BCUT2D eigenvalue weighted by Gasteiger charge is -2.09. The van der Waals surface area contributed by atoms with Crippen molar-refractivity contribution in [2.75, 3.05) is 19.5 Å². The van der Waals surface area contributed by atoms with Crippen LogP contribution < -0.4 is 14.8 Å². The van der Waals surface area contributed by atoms with Gasteiger partial charge in [0.25, 0.3) is 5.91 Å². The molecule has 3 aromatic rings. The van der Waals surface area contributed by atoms with E-state index in [2.05, 4.69) is 15.5 Å². The van der Waals surface area contributed by atoms with Crippen LogP contribution in [0.25, 0.3) is 11.5 Å². The number of benzene rings is 2. The molecule has 2 aromatic carbocycles. The zero-order valence-corrected chi connectivity index (χ0v) is 14.1. The van der Waals surface area contributed by atoms with Gasteiger partial charge in [-0.2, -0.15) is 0 Å². The van der Waals surface area contributed by atoms with Gasteiger partial charge in [-0.1, -0.05) is 22.8 Å². The number of methoxy groups -OCH3 is 2. The average Bonchev–Trinajstić information content (AvgIpc) is 3.10. The number of amides is 1. The van der Waals surface area contributed by atoms with Crippen LogP contribution >= 0.6 is 0 Å². The predicted octanol–water partition coefficient (Wildman–Crippen LogP) is 3.31. The summed E-state index contributed by atoms with van der Waals surface area (Å²) in [6.07, 6.45) is 0. The van der Waals surface area contributed by atoms with Crippen molar-refractivity contribution in [3.63, 3.8) is 0 Å². The molecule has 0 atom stereocenters. The van der Waals surface area contributed by atoms with E-state index < -0.39 is 5.91 Å². The fourth-order valence-electron chi connectivity index (χ4n) is 2.24. The Morgan fingerprint density at radius 3 is 2.48 bits per heavy atom. The number of ether oxygens (including phenoxy) is 2. The Balaban J connectivity index is 1.81. The number of anilines is 1. The first-order valence-electron chi connectivity index (χ1n) is 7.54. The number of carbonyl (C=O) groups is 1. The Labute approximate surface area is 144 Å². The van der Waals surface area contributed by atoms with E-state index in [1.165, 1.54) is 14.2 Å². The lowest BCUT2D eigenvalue weighted by Crippen LogP contribution is -2.13. The summed E-state index contributed by atoms with van der Waals surface area (Å²) in [5, 5.41) is 10.4. The molecule has 0 fully saturated rings. The quantitative estimate of drug-likeness (QED) is 0.767. The normalized spacial score (nSPS) is 10.4. The standard InChI is InChI=1S/C18H17N3O4/c1-11-4-6-12(7-5-11)17-20-21-18(25-17)19-16(22)14-10-13(23-2)8-9-15(14)24-3/h4-10H,1-3H3,(H,19,21,22). The van der Waals surface area contributed by atoms with Gasteiger partial charge in [0.2, 0.25) is 5.89 Å². The molecule has 128 valence electrons. The minimum absolute atomic E-state index is 0.00504. The van der Waals surface area contributed by atoms with Crippen molar-refractivity contribution in [2.45, 2.75) is 6.92 Å². The highest BCUT2D eigenvalue weighted by atomic mass is 16.5. The van der Waals surface area contributed by atoms with E-state index in [9.17, 15) is 4.79 Å². The Morgan fingerprint density at radius 1 is 1.04 bits per heavy atom. The second-order valence-corrected chi connectivity index (χ2v) is 5.30. The summed E-state index contributed by atoms with van der Waals surface area (Å²) in [5.74, 6) is 0.844. The summed E-state index contributed by atoms with van der Waals surface area (Å²) in [7, 11) is 3.01. The molecular weight excluding hydrogens is 322 g/mol. The van der Waals surface area contributed by atoms with E-state index in [1.807, 2.05) is 31.2 Å². The number of hydrogen-bond donors (Lipinski definition) is 1. The molecule has 25 heavy (non-hydrogen) atoms. The number of aromatic nitrogens is 2. The highest BCUT2D eigenvalue weighted by molar-refractivity contribution is 6.05. The Hall–Kier alpha value is -3.35. The minimum atomic E-state index is -0.435. The van der Waals surface area contributed by atoms with Gasteiger partial charge in [-0.25, -0.2) is 0 Å². The Bertz CT molecular complexity index is 888. The van der Waals surface area contributed by atoms with Crippen molar-refractivity contribution >= 4 is 11.9 Å². The molecule has 1 amide bonds. The molecule has 0 radical (unpaired) electrons. The van der Waals surface area contributed by atoms with Gasteiger partial charge in [-0.3, -0.25) is 10.1 Å². The van der Waals surface area contributed by atoms with Crippen LogP contribution in [0, 0.1) is 6.92 Å². The maximum Gasteiger partial charge on any atom is 0.322 e. The lowest BCUT2D eigenvalue weighted by molar-refractivity contribution is 0.102. The van der Waals surface area contributed by atoms with E-state index in [1.54, 1.807) is 18.2 Å². The topological polar surface area (TPSA) is 86.5 Å². The van der Waals surface area contributed by atoms with Crippen LogP contribution in [0.1, 0.15) is 15.9 Å². The first kappa shape index (κ1) is 16.5. The van der Waals surface area contributed by atoms with E-state index in [-0.39, 0.29) is 6.01 Å². The number of nitrogens with zero attached hydrogens (tertiary/aromatic N) is 2. The first-order valence-corrected chi connectivity index (χ1v) is 7.54. The van der Waals surface area contributed by atoms with Crippen molar-refractivity contribution in [1.29, 1.82) is 0 Å². The van der Waals surface area contributed by atoms with Crippen molar-refractivity contribution in [3.8, 4) is 23.0 Å². The van der Waals surface area contributed by atoms with Gasteiger partial charge >= 0.3 is 6.01 Å². The third-order valence-electron chi connectivity index (χ3n) is 3.60. The SMILES string of the molecule is COc1ccc(OC)c(C(=O)Nc2nnc(-c3ccc(C)cc3)o2)c1. The van der Waals surface area contributed by atoms with Crippen LogP contribution in [0.4, 0.5) is 6.01 Å². The lowest BCUT2D eigenvalue weighted by atomic mass is 10.1. The smallest absolute Gasteiger partial charge is 0.322 e. The molecule has 1 N–H and O–H groups in total. The summed E-state index contributed by atoms with van der Waals surface area (Å²) >= 11 is 0. The summed E-state index contributed by atoms with van der Waals surface area (Å²) in [6.45, 7) is 1.99. The number of hydrogen-bond acceptors (Lipinski definition) is 6. The van der Waals surface area contributed by atoms with Crippen molar-refractivity contribution < 1.29 is 18.7 Å². The van der Waals surface area contributed by atoms with Gasteiger partial charge in [0.1, 0.15) is 11.5 Å². The Morgan fingerprint density at radius 2 is 1.80 bits per heavy atom. The second-order valence-electron chi connectivity index (χ2n) is 5.30. The maximum absolute atomic E-state index is 12.5. The highest BCUT2D eigenvalue weighted by Gasteiger charge is 2.17. The third kappa shape index (κ3) is 3.60. The summed E-state index contributed by atoms with van der Waals surface area (Å²) < 4.78 is 15.9. The minimum Gasteiger partial charge on any atom is -0.497 e. The average molecular weight is 339 g/mol. The Kier molecular flexibility index (Phi) is 4.65. The van der Waals surface area contributed by atoms with E-state index in [4.69, 9.17) is 13.9 Å². The molecule has 1 heterocycles. The van der Waals surface area contributed by atoms with Crippen molar-refractivity contribution in [1.82, 2.24) is 10.2 Å². The van der Waals surface area contributed by atoms with Crippen LogP contribution in [0.15, 0.2) is 46.9 Å². The molecule has 0 aliphatic rings. The maximum atomic E-state index is 12.5. The van der Waals surface area contributed by atoms with Gasteiger partial charge in [0.15, 0.2) is 0 Å². The van der Waals surface area contributed by atoms with Crippen molar-refractivity contribution in [3.05, 3.63) is 53.6 Å². The molecule has 0 spiro atoms.